The molecule has 1 N–H and O–H groups in total. The molecule has 6 nitrogen and oxygen atoms in total. The second-order valence-corrected chi connectivity index (χ2v) is 9.75. The fourth-order valence-electron chi connectivity index (χ4n) is 3.81. The average Bonchev–Trinajstić information content (AvgIpc) is 3.42. The lowest BCUT2D eigenvalue weighted by Crippen LogP contribution is -2.45. The maximum atomic E-state index is 13.0. The van der Waals surface area contributed by atoms with Crippen LogP contribution in [0.4, 0.5) is 0 Å². The summed E-state index contributed by atoms with van der Waals surface area (Å²) in [5, 5.41) is 7.78. The molecule has 1 aromatic heterocycles. The van der Waals surface area contributed by atoms with Crippen LogP contribution in [0.1, 0.15) is 62.7 Å². The van der Waals surface area contributed by atoms with Crippen LogP contribution in [0.15, 0.2) is 28.8 Å². The van der Waals surface area contributed by atoms with Crippen molar-refractivity contribution in [2.24, 2.45) is 11.3 Å². The Hall–Kier alpha value is -1.92. The number of amides is 1. The van der Waals surface area contributed by atoms with Gasteiger partial charge in [0.25, 0.3) is 5.91 Å². The molecule has 0 spiro atoms. The Morgan fingerprint density at radius 1 is 1.20 bits per heavy atom. The quantitative estimate of drug-likeness (QED) is 0.734. The molecule has 7 heteroatoms. The first-order valence-corrected chi connectivity index (χ1v) is 10.8. The van der Waals surface area contributed by atoms with E-state index in [1.165, 1.54) is 12.8 Å². The number of likely N-dealkylation sites (tertiary alicyclic amines) is 1. The van der Waals surface area contributed by atoms with Gasteiger partial charge < -0.3 is 14.7 Å². The fourth-order valence-corrected chi connectivity index (χ4v) is 3.81. The molecular weight excluding hydrogens is 400 g/mol. The third kappa shape index (κ3) is 6.05. The van der Waals surface area contributed by atoms with Crippen molar-refractivity contribution < 1.29 is 9.32 Å². The molecule has 1 aliphatic heterocycles. The smallest absolute Gasteiger partial charge is 0.253 e. The van der Waals surface area contributed by atoms with E-state index in [0.717, 1.165) is 50.4 Å². The summed E-state index contributed by atoms with van der Waals surface area (Å²) in [6, 6.07) is 8.12. The largest absolute Gasteiger partial charge is 0.339 e. The summed E-state index contributed by atoms with van der Waals surface area (Å²) in [5.41, 5.74) is 1.59. The van der Waals surface area contributed by atoms with Gasteiger partial charge in [-0.05, 0) is 55.7 Å². The minimum Gasteiger partial charge on any atom is -0.339 e. The number of carbonyl (C=O) groups is 1. The van der Waals surface area contributed by atoms with E-state index in [2.05, 4.69) is 36.2 Å². The van der Waals surface area contributed by atoms with Crippen molar-refractivity contribution in [2.45, 2.75) is 58.9 Å². The van der Waals surface area contributed by atoms with Gasteiger partial charge in [-0.15, -0.1) is 12.4 Å². The van der Waals surface area contributed by atoms with Gasteiger partial charge in [-0.1, -0.05) is 38.1 Å². The highest BCUT2D eigenvalue weighted by atomic mass is 35.5. The lowest BCUT2D eigenvalue weighted by Gasteiger charge is -2.32. The zero-order chi connectivity index (χ0) is 20.4. The van der Waals surface area contributed by atoms with Gasteiger partial charge in [0.05, 0.1) is 0 Å². The Morgan fingerprint density at radius 3 is 2.60 bits per heavy atom. The summed E-state index contributed by atoms with van der Waals surface area (Å²) in [6.45, 7) is 9.18. The summed E-state index contributed by atoms with van der Waals surface area (Å²) < 4.78 is 5.40. The Balaban J connectivity index is 0.00000256. The summed E-state index contributed by atoms with van der Waals surface area (Å²) in [7, 11) is 0. The third-order valence-electron chi connectivity index (χ3n) is 5.69. The van der Waals surface area contributed by atoms with Crippen LogP contribution in [0.2, 0.25) is 0 Å². The van der Waals surface area contributed by atoms with Crippen LogP contribution >= 0.6 is 12.4 Å². The number of hydrogen-bond donors (Lipinski definition) is 1. The zero-order valence-electron chi connectivity index (χ0n) is 18.2. The number of piperidine rings is 1. The first-order valence-electron chi connectivity index (χ1n) is 10.8. The minimum atomic E-state index is 0. The highest BCUT2D eigenvalue weighted by Crippen LogP contribution is 2.28. The Labute approximate surface area is 185 Å². The van der Waals surface area contributed by atoms with E-state index in [4.69, 9.17) is 4.52 Å². The molecule has 30 heavy (non-hydrogen) atoms. The molecule has 1 amide bonds. The second kappa shape index (κ2) is 9.48. The first-order chi connectivity index (χ1) is 13.9. The summed E-state index contributed by atoms with van der Waals surface area (Å²) in [5.74, 6) is 2.16. The van der Waals surface area contributed by atoms with Gasteiger partial charge in [0.15, 0.2) is 0 Å². The van der Waals surface area contributed by atoms with Crippen LogP contribution in [0.5, 0.6) is 0 Å². The van der Waals surface area contributed by atoms with Gasteiger partial charge in [0.2, 0.25) is 11.7 Å². The monoisotopic (exact) mass is 432 g/mol. The highest BCUT2D eigenvalue weighted by Gasteiger charge is 2.26. The van der Waals surface area contributed by atoms with Crippen molar-refractivity contribution >= 4 is 18.3 Å². The van der Waals surface area contributed by atoms with E-state index in [1.54, 1.807) is 0 Å². The van der Waals surface area contributed by atoms with Crippen molar-refractivity contribution in [1.82, 2.24) is 20.4 Å². The standard InChI is InChI=1S/C23H32N4O2.ClH/c1-23(2,3)14-20-25-21(26-29-20)17-5-4-6-18(13-17)22(28)27-11-9-19(10-12-27)24-15-16-7-8-16;/h4-6,13,16,19,24H,7-12,14-15H2,1-3H3;1H. The molecule has 1 aliphatic carbocycles. The Kier molecular flexibility index (Phi) is 7.19. The summed E-state index contributed by atoms with van der Waals surface area (Å²) in [4.78, 5) is 19.5. The predicted molar refractivity (Wildman–Crippen MR) is 120 cm³/mol. The average molecular weight is 433 g/mol. The molecule has 0 radical (unpaired) electrons. The molecule has 4 rings (SSSR count). The second-order valence-electron chi connectivity index (χ2n) is 9.75. The molecule has 0 atom stereocenters. The topological polar surface area (TPSA) is 71.3 Å². The number of aromatic nitrogens is 2. The number of rotatable bonds is 6. The molecular formula is C23H33ClN4O2. The van der Waals surface area contributed by atoms with Gasteiger partial charge in [0.1, 0.15) is 0 Å². The SMILES string of the molecule is CC(C)(C)Cc1nc(-c2cccc(C(=O)N3CCC(NCC4CC4)CC3)c2)no1.Cl. The maximum Gasteiger partial charge on any atom is 0.253 e. The normalized spacial score (nSPS) is 17.6. The van der Waals surface area contributed by atoms with Crippen molar-refractivity contribution in [3.8, 4) is 11.4 Å². The van der Waals surface area contributed by atoms with Crippen LogP contribution in [0.3, 0.4) is 0 Å². The molecule has 2 aromatic rings. The summed E-state index contributed by atoms with van der Waals surface area (Å²) in [6.07, 6.45) is 5.53. The number of hydrogen-bond acceptors (Lipinski definition) is 5. The fraction of sp³-hybridized carbons (Fsp3) is 0.609. The molecule has 0 unspecified atom stereocenters. The molecule has 2 heterocycles. The summed E-state index contributed by atoms with van der Waals surface area (Å²) >= 11 is 0. The van der Waals surface area contributed by atoms with Gasteiger partial charge in [0, 0.05) is 36.7 Å². The van der Waals surface area contributed by atoms with Crippen LogP contribution in [-0.4, -0.2) is 46.6 Å². The lowest BCUT2D eigenvalue weighted by atomic mass is 9.92. The van der Waals surface area contributed by atoms with Gasteiger partial charge in [-0.2, -0.15) is 4.98 Å². The van der Waals surface area contributed by atoms with Crippen molar-refractivity contribution in [3.63, 3.8) is 0 Å². The van der Waals surface area contributed by atoms with Gasteiger partial charge in [-0.25, -0.2) is 0 Å². The van der Waals surface area contributed by atoms with E-state index in [-0.39, 0.29) is 23.7 Å². The van der Waals surface area contributed by atoms with E-state index in [9.17, 15) is 4.79 Å². The molecule has 164 valence electrons. The number of halogens is 1. The number of carbonyl (C=O) groups excluding carboxylic acids is 1. The minimum absolute atomic E-state index is 0. The van der Waals surface area contributed by atoms with Gasteiger partial charge in [-0.3, -0.25) is 4.79 Å². The van der Waals surface area contributed by atoms with Crippen LogP contribution < -0.4 is 5.32 Å². The molecule has 1 aromatic carbocycles. The van der Waals surface area contributed by atoms with Gasteiger partial charge >= 0.3 is 0 Å². The third-order valence-corrected chi connectivity index (χ3v) is 5.69. The van der Waals surface area contributed by atoms with Crippen LogP contribution in [0, 0.1) is 11.3 Å². The molecule has 1 saturated carbocycles. The first kappa shape index (κ1) is 22.8. The number of benzene rings is 1. The molecule has 2 aliphatic rings. The van der Waals surface area contributed by atoms with Crippen molar-refractivity contribution in [2.75, 3.05) is 19.6 Å². The molecule has 1 saturated heterocycles. The molecule has 2 fully saturated rings. The highest BCUT2D eigenvalue weighted by molar-refractivity contribution is 5.95. The van der Waals surface area contributed by atoms with Crippen LogP contribution in [-0.2, 0) is 6.42 Å². The van der Waals surface area contributed by atoms with Crippen molar-refractivity contribution in [3.05, 3.63) is 35.7 Å². The predicted octanol–water partition coefficient (Wildman–Crippen LogP) is 4.35. The maximum absolute atomic E-state index is 13.0. The van der Waals surface area contributed by atoms with E-state index in [0.29, 0.717) is 23.3 Å². The Bertz CT molecular complexity index is 849. The van der Waals surface area contributed by atoms with Crippen molar-refractivity contribution in [1.29, 1.82) is 0 Å². The number of nitrogens with zero attached hydrogens (tertiary/aromatic N) is 3. The van der Waals surface area contributed by atoms with E-state index >= 15 is 0 Å². The Morgan fingerprint density at radius 2 is 1.93 bits per heavy atom. The number of nitrogens with one attached hydrogen (secondary N) is 1. The zero-order valence-corrected chi connectivity index (χ0v) is 19.0. The van der Waals surface area contributed by atoms with E-state index in [1.807, 2.05) is 29.2 Å². The lowest BCUT2D eigenvalue weighted by molar-refractivity contribution is 0.0705. The van der Waals surface area contributed by atoms with Crippen LogP contribution in [0.25, 0.3) is 11.4 Å². The molecule has 0 bridgehead atoms. The van der Waals surface area contributed by atoms with E-state index < -0.39 is 0 Å².